The average Bonchev–Trinajstić information content (AvgIpc) is 3.17. The van der Waals surface area contributed by atoms with Gasteiger partial charge in [0.1, 0.15) is 35.8 Å². The third kappa shape index (κ3) is 8.21. The van der Waals surface area contributed by atoms with E-state index in [0.717, 1.165) is 19.2 Å². The molecule has 0 bridgehead atoms. The fourth-order valence-electron chi connectivity index (χ4n) is 9.56. The monoisotopic (exact) mass is 855 g/mol. The van der Waals surface area contributed by atoms with Crippen LogP contribution in [0.2, 0.25) is 0 Å². The maximum absolute atomic E-state index is 14.0. The molecule has 3 saturated heterocycles. The van der Waals surface area contributed by atoms with Gasteiger partial charge in [0, 0.05) is 61.3 Å². The van der Waals surface area contributed by atoms with Crippen LogP contribution in [0.5, 0.6) is 17.2 Å². The molecule has 3 fully saturated rings. The van der Waals surface area contributed by atoms with Gasteiger partial charge in [0.2, 0.25) is 5.78 Å². The molecular formula is C43H53NO17. The molecule has 5 aliphatic rings. The highest BCUT2D eigenvalue weighted by Crippen LogP contribution is 2.54. The zero-order valence-corrected chi connectivity index (χ0v) is 35.0. The Morgan fingerprint density at radius 3 is 2.11 bits per heavy atom. The zero-order valence-electron chi connectivity index (χ0n) is 35.0. The number of nitrogens with zero attached hydrogens (tertiary/aromatic N) is 1. The molecule has 0 spiro atoms. The minimum Gasteiger partial charge on any atom is -0.507 e. The molecule has 2 aromatic rings. The number of hydrogen-bond donors (Lipinski definition) is 5. The van der Waals surface area contributed by atoms with E-state index >= 15 is 0 Å². The van der Waals surface area contributed by atoms with E-state index in [-0.39, 0.29) is 40.9 Å². The zero-order chi connectivity index (χ0) is 44.4. The smallest absolute Gasteiger partial charge is 0.316 e. The number of aliphatic hydroxyl groups excluding tert-OH is 1. The van der Waals surface area contributed by atoms with Crippen molar-refractivity contribution in [2.24, 2.45) is 0 Å². The molecule has 0 unspecified atom stereocenters. The Hall–Kier alpha value is -4.37. The van der Waals surface area contributed by atoms with Crippen molar-refractivity contribution in [1.82, 2.24) is 4.90 Å². The lowest BCUT2D eigenvalue weighted by Gasteiger charge is -2.48. The predicted octanol–water partition coefficient (Wildman–Crippen LogP) is 2.43. The van der Waals surface area contributed by atoms with E-state index in [2.05, 4.69) is 0 Å². The van der Waals surface area contributed by atoms with Gasteiger partial charge in [0.15, 0.2) is 41.9 Å². The lowest BCUT2D eigenvalue weighted by atomic mass is 9.66. The summed E-state index contributed by atoms with van der Waals surface area (Å²) in [4.78, 5) is 67.9. The molecule has 0 aromatic heterocycles. The minimum absolute atomic E-state index is 0.0132. The number of benzene rings is 2. The van der Waals surface area contributed by atoms with Crippen molar-refractivity contribution >= 4 is 29.1 Å². The molecule has 332 valence electrons. The van der Waals surface area contributed by atoms with E-state index in [4.69, 9.17) is 33.2 Å². The Bertz CT molecular complexity index is 2090. The van der Waals surface area contributed by atoms with Crippen molar-refractivity contribution < 1.29 is 82.7 Å². The third-order valence-corrected chi connectivity index (χ3v) is 12.5. The fourth-order valence-corrected chi connectivity index (χ4v) is 9.56. The summed E-state index contributed by atoms with van der Waals surface area (Å²) in [5, 5.41) is 56.3. The van der Waals surface area contributed by atoms with Crippen molar-refractivity contribution in [3.63, 3.8) is 0 Å². The average molecular weight is 856 g/mol. The first-order chi connectivity index (χ1) is 28.7. The van der Waals surface area contributed by atoms with Gasteiger partial charge in [-0.2, -0.15) is 0 Å². The molecular weight excluding hydrogens is 802 g/mol. The lowest BCUT2D eigenvalue weighted by Crippen LogP contribution is -2.58. The first-order valence-electron chi connectivity index (χ1n) is 20.4. The van der Waals surface area contributed by atoms with Crippen LogP contribution in [0.1, 0.15) is 121 Å². The molecule has 0 saturated carbocycles. The summed E-state index contributed by atoms with van der Waals surface area (Å²) in [6.45, 7) is 6.39. The summed E-state index contributed by atoms with van der Waals surface area (Å²) in [6, 6.07) is 2.95. The van der Waals surface area contributed by atoms with Gasteiger partial charge in [-0.15, -0.1) is 0 Å². The van der Waals surface area contributed by atoms with Gasteiger partial charge >= 0.3 is 5.97 Å². The topological polar surface area (TPSA) is 254 Å². The van der Waals surface area contributed by atoms with Crippen LogP contribution in [0.3, 0.4) is 0 Å². The summed E-state index contributed by atoms with van der Waals surface area (Å²) in [5.41, 5.74) is -4.07. The van der Waals surface area contributed by atoms with Crippen LogP contribution in [0.15, 0.2) is 18.2 Å². The largest absolute Gasteiger partial charge is 0.507 e. The molecule has 18 heteroatoms. The van der Waals surface area contributed by atoms with Crippen molar-refractivity contribution in [2.45, 2.75) is 145 Å². The summed E-state index contributed by atoms with van der Waals surface area (Å²) in [5.74, 6) is -7.19. The normalized spacial score (nSPS) is 35.0. The van der Waals surface area contributed by atoms with Crippen LogP contribution in [0.4, 0.5) is 0 Å². The number of esters is 1. The highest BCUT2D eigenvalue weighted by atomic mass is 16.7. The summed E-state index contributed by atoms with van der Waals surface area (Å²) >= 11 is 0. The molecule has 18 nitrogen and oxygen atoms in total. The summed E-state index contributed by atoms with van der Waals surface area (Å²) < 4.78 is 42.4. The minimum atomic E-state index is -2.16. The summed E-state index contributed by atoms with van der Waals surface area (Å²) in [7, 11) is 4.73. The fraction of sp³-hybridized carbons (Fsp3) is 0.605. The van der Waals surface area contributed by atoms with Crippen molar-refractivity contribution in [3.8, 4) is 17.2 Å². The highest BCUT2D eigenvalue weighted by molar-refractivity contribution is 6.30. The Labute approximate surface area is 351 Å². The number of carbonyl (C=O) groups is 5. The van der Waals surface area contributed by atoms with E-state index in [1.54, 1.807) is 20.8 Å². The summed E-state index contributed by atoms with van der Waals surface area (Å²) in [6.07, 6.45) is -8.42. The highest BCUT2D eigenvalue weighted by Gasteiger charge is 2.55. The number of methoxy groups -OCH3 is 1. The van der Waals surface area contributed by atoms with E-state index in [1.807, 2.05) is 19.0 Å². The van der Waals surface area contributed by atoms with Gasteiger partial charge in [0.05, 0.1) is 48.3 Å². The van der Waals surface area contributed by atoms with Gasteiger partial charge < -0.3 is 63.6 Å². The Morgan fingerprint density at radius 2 is 1.49 bits per heavy atom. The molecule has 3 aliphatic heterocycles. The van der Waals surface area contributed by atoms with E-state index in [1.165, 1.54) is 13.0 Å². The molecule has 2 aliphatic carbocycles. The number of ether oxygens (including phenoxy) is 7. The number of hydrogen-bond acceptors (Lipinski definition) is 18. The van der Waals surface area contributed by atoms with E-state index < -0.39 is 144 Å². The Balaban J connectivity index is 1.17. The number of phenols is 3. The third-order valence-electron chi connectivity index (χ3n) is 12.5. The number of likely N-dealkylation sites (N-methyl/N-ethyl adjacent to an activating group) is 1. The Morgan fingerprint density at radius 1 is 0.852 bits per heavy atom. The van der Waals surface area contributed by atoms with Crippen LogP contribution in [-0.4, -0.2) is 148 Å². The standard InChI is InChI=1S/C43H53NO17/c1-17(45)15-43(54)16-28(32-22(35(43)42(53)55-7)12-23-34(38(32)51)39(52)33-21(36(23)49)8-9-26(47)37(33)50)59-30-13-24(44(5)6)40(19(3)57-30)61-31-14-27(48)41(20(4)58-31)60-29-11-10-25(46)18(2)56-29/h8-9,12,18-20,24,27-31,35,40-41,47-48,50-51,54H,10-11,13-16H2,1-7H3/t18-,19+,20+,24-,27+,28+,29+,30+,31+,35-,40+,41+,43-/m1/s1. The molecule has 0 radical (unpaired) electrons. The molecule has 13 atom stereocenters. The molecule has 2 aromatic carbocycles. The number of phenolic OH excluding ortho intramolecular Hbond substituents is 3. The van der Waals surface area contributed by atoms with Crippen molar-refractivity contribution in [3.05, 3.63) is 51.6 Å². The molecule has 61 heavy (non-hydrogen) atoms. The van der Waals surface area contributed by atoms with E-state index in [9.17, 15) is 49.5 Å². The molecule has 5 N–H and O–H groups in total. The van der Waals surface area contributed by atoms with Gasteiger partial charge in [-0.25, -0.2) is 0 Å². The number of carbonyl (C=O) groups excluding carboxylic acids is 5. The second kappa shape index (κ2) is 17.1. The van der Waals surface area contributed by atoms with Crippen molar-refractivity contribution in [1.29, 1.82) is 0 Å². The SMILES string of the molecule is COC(=O)[C@H]1c2cc3c(c(O)c2[C@@H](O[C@H]2C[C@@H](N(C)C)[C@@H](O[C@H]4C[C@H](O)[C@@H](O[C@H]5CCC(=O)[C@@H](C)O5)[C@H](C)O4)[C@H](C)O2)C[C@]1(O)CC(C)=O)C(=O)c1c(ccc(O)c1O)C3=O. The molecule has 7 rings (SSSR count). The quantitative estimate of drug-likeness (QED) is 0.145. The van der Waals surface area contributed by atoms with E-state index in [0.29, 0.717) is 12.8 Å². The van der Waals surface area contributed by atoms with Gasteiger partial charge in [-0.3, -0.25) is 24.0 Å². The molecule has 0 amide bonds. The first kappa shape index (κ1) is 44.7. The van der Waals surface area contributed by atoms with Crippen molar-refractivity contribution in [2.75, 3.05) is 21.2 Å². The first-order valence-corrected chi connectivity index (χ1v) is 20.4. The van der Waals surface area contributed by atoms with Gasteiger partial charge in [-0.1, -0.05) is 0 Å². The van der Waals surface area contributed by atoms with Crippen LogP contribution in [0.25, 0.3) is 0 Å². The number of fused-ring (bicyclic) bond motifs is 3. The Kier molecular flexibility index (Phi) is 12.5. The second-order valence-corrected chi connectivity index (χ2v) is 17.0. The number of ketones is 4. The van der Waals surface area contributed by atoms with Gasteiger partial charge in [-0.05, 0) is 65.6 Å². The van der Waals surface area contributed by atoms with Crippen LogP contribution in [-0.2, 0) is 47.5 Å². The van der Waals surface area contributed by atoms with Gasteiger partial charge in [0.25, 0.3) is 0 Å². The number of Topliss-reactive ketones (excluding diaryl/α,β-unsaturated/α-hetero) is 2. The number of rotatable bonds is 10. The second-order valence-electron chi connectivity index (χ2n) is 17.0. The maximum atomic E-state index is 14.0. The lowest BCUT2D eigenvalue weighted by molar-refractivity contribution is -0.324. The van der Waals surface area contributed by atoms with Crippen LogP contribution < -0.4 is 0 Å². The maximum Gasteiger partial charge on any atom is 0.316 e. The van der Waals surface area contributed by atoms with Crippen LogP contribution >= 0.6 is 0 Å². The molecule has 3 heterocycles. The number of aliphatic hydroxyl groups is 2. The number of aromatic hydroxyl groups is 3. The van der Waals surface area contributed by atoms with Crippen LogP contribution in [0, 0.1) is 0 Å². The predicted molar refractivity (Wildman–Crippen MR) is 208 cm³/mol.